The Balaban J connectivity index is 2.23. The van der Waals surface area contributed by atoms with Gasteiger partial charge in [-0.05, 0) is 24.3 Å². The monoisotopic (exact) mass is 274 g/mol. The molecule has 2 aromatic carbocycles. The largest absolute Gasteiger partial charge is 0.508 e. The Morgan fingerprint density at radius 2 is 1.80 bits per heavy atom. The number of nitrogens with one attached hydrogen (secondary N) is 1. The van der Waals surface area contributed by atoms with Gasteiger partial charge in [0.25, 0.3) is 5.91 Å². The molecule has 1 amide bonds. The van der Waals surface area contributed by atoms with Gasteiger partial charge in [0, 0.05) is 23.4 Å². The van der Waals surface area contributed by atoms with Crippen LogP contribution in [0.4, 0.5) is 11.4 Å². The summed E-state index contributed by atoms with van der Waals surface area (Å²) in [5, 5.41) is 21.3. The van der Waals surface area contributed by atoms with E-state index in [0.717, 1.165) is 6.07 Å². The van der Waals surface area contributed by atoms with Gasteiger partial charge < -0.3 is 26.0 Å². The van der Waals surface area contributed by atoms with Crippen LogP contribution in [0.1, 0.15) is 10.4 Å². The van der Waals surface area contributed by atoms with Gasteiger partial charge >= 0.3 is 0 Å². The average molecular weight is 274 g/mol. The lowest BCUT2D eigenvalue weighted by molar-refractivity contribution is 0.102. The second-order valence-electron chi connectivity index (χ2n) is 4.15. The van der Waals surface area contributed by atoms with Crippen molar-refractivity contribution in [3.05, 3.63) is 42.0 Å². The molecule has 20 heavy (non-hydrogen) atoms. The Morgan fingerprint density at radius 3 is 2.40 bits per heavy atom. The van der Waals surface area contributed by atoms with E-state index in [4.69, 9.17) is 10.5 Å². The van der Waals surface area contributed by atoms with Crippen LogP contribution < -0.4 is 15.8 Å². The predicted molar refractivity (Wildman–Crippen MR) is 75.1 cm³/mol. The Hall–Kier alpha value is -2.89. The summed E-state index contributed by atoms with van der Waals surface area (Å²) in [7, 11) is 1.48. The summed E-state index contributed by atoms with van der Waals surface area (Å²) >= 11 is 0. The van der Waals surface area contributed by atoms with Crippen molar-refractivity contribution in [1.82, 2.24) is 0 Å². The van der Waals surface area contributed by atoms with Crippen LogP contribution in [0.15, 0.2) is 36.4 Å². The molecule has 0 aliphatic carbocycles. The Kier molecular flexibility index (Phi) is 3.65. The molecular weight excluding hydrogens is 260 g/mol. The van der Waals surface area contributed by atoms with Crippen LogP contribution in [0.25, 0.3) is 0 Å². The van der Waals surface area contributed by atoms with Gasteiger partial charge in [-0.15, -0.1) is 0 Å². The minimum atomic E-state index is -0.469. The van der Waals surface area contributed by atoms with Gasteiger partial charge in [0.1, 0.15) is 17.2 Å². The number of amides is 1. The van der Waals surface area contributed by atoms with Crippen molar-refractivity contribution in [3.63, 3.8) is 0 Å². The van der Waals surface area contributed by atoms with Gasteiger partial charge in [0.2, 0.25) is 0 Å². The molecule has 0 radical (unpaired) electrons. The Morgan fingerprint density at radius 1 is 1.15 bits per heavy atom. The molecule has 2 aromatic rings. The lowest BCUT2D eigenvalue weighted by atomic mass is 10.1. The van der Waals surface area contributed by atoms with Crippen LogP contribution in [-0.2, 0) is 0 Å². The molecule has 6 nitrogen and oxygen atoms in total. The standard InChI is InChI=1S/C14H14N2O4/c1-20-13-6-9(2-3-12(13)15)16-14(19)8-4-10(17)7-11(18)5-8/h2-7,17-18H,15H2,1H3,(H,16,19). The topological polar surface area (TPSA) is 105 Å². The first kappa shape index (κ1) is 13.5. The van der Waals surface area contributed by atoms with Crippen molar-refractivity contribution in [2.45, 2.75) is 0 Å². The van der Waals surface area contributed by atoms with Gasteiger partial charge in [-0.2, -0.15) is 0 Å². The van der Waals surface area contributed by atoms with E-state index in [9.17, 15) is 15.0 Å². The molecule has 0 heterocycles. The molecule has 2 rings (SSSR count). The molecule has 0 saturated heterocycles. The van der Waals surface area contributed by atoms with Gasteiger partial charge in [-0.25, -0.2) is 0 Å². The number of nitrogen functional groups attached to an aromatic ring is 1. The number of anilines is 2. The lowest BCUT2D eigenvalue weighted by Crippen LogP contribution is -2.12. The maximum Gasteiger partial charge on any atom is 0.255 e. The molecule has 6 heteroatoms. The van der Waals surface area contributed by atoms with Crippen molar-refractivity contribution in [3.8, 4) is 17.2 Å². The van der Waals surface area contributed by atoms with Crippen molar-refractivity contribution in [2.24, 2.45) is 0 Å². The van der Waals surface area contributed by atoms with Crippen LogP contribution in [0.5, 0.6) is 17.2 Å². The van der Waals surface area contributed by atoms with Crippen LogP contribution in [-0.4, -0.2) is 23.2 Å². The molecule has 0 saturated carbocycles. The van der Waals surface area contributed by atoms with Gasteiger partial charge in [-0.1, -0.05) is 0 Å². The summed E-state index contributed by atoms with van der Waals surface area (Å²) < 4.78 is 5.05. The van der Waals surface area contributed by atoms with E-state index in [1.54, 1.807) is 18.2 Å². The second kappa shape index (κ2) is 5.40. The SMILES string of the molecule is COc1cc(NC(=O)c2cc(O)cc(O)c2)ccc1N. The highest BCUT2D eigenvalue weighted by atomic mass is 16.5. The molecule has 0 aromatic heterocycles. The highest BCUT2D eigenvalue weighted by Gasteiger charge is 2.10. The number of rotatable bonds is 3. The smallest absolute Gasteiger partial charge is 0.255 e. The van der Waals surface area contributed by atoms with E-state index in [-0.39, 0.29) is 17.1 Å². The summed E-state index contributed by atoms with van der Waals surface area (Å²) in [6, 6.07) is 8.46. The Bertz CT molecular complexity index is 635. The molecular formula is C14H14N2O4. The first-order chi connectivity index (χ1) is 9.49. The fourth-order valence-electron chi connectivity index (χ4n) is 1.72. The van der Waals surface area contributed by atoms with E-state index >= 15 is 0 Å². The zero-order valence-electron chi connectivity index (χ0n) is 10.8. The molecule has 0 atom stereocenters. The third-order valence-corrected chi connectivity index (χ3v) is 2.66. The van der Waals surface area contributed by atoms with E-state index in [1.807, 2.05) is 0 Å². The number of carbonyl (C=O) groups is 1. The minimum absolute atomic E-state index is 0.137. The fraction of sp³-hybridized carbons (Fsp3) is 0.0714. The molecule has 5 N–H and O–H groups in total. The van der Waals surface area contributed by atoms with E-state index in [2.05, 4.69) is 5.32 Å². The van der Waals surface area contributed by atoms with Gasteiger partial charge in [0.05, 0.1) is 12.8 Å². The highest BCUT2D eigenvalue weighted by molar-refractivity contribution is 6.05. The number of carbonyl (C=O) groups excluding carboxylic acids is 1. The molecule has 104 valence electrons. The van der Waals surface area contributed by atoms with Crippen LogP contribution in [0, 0.1) is 0 Å². The number of ether oxygens (including phenoxy) is 1. The zero-order chi connectivity index (χ0) is 14.7. The third-order valence-electron chi connectivity index (χ3n) is 2.66. The molecule has 0 aliphatic rings. The summed E-state index contributed by atoms with van der Waals surface area (Å²) in [6.45, 7) is 0. The van der Waals surface area contributed by atoms with Crippen molar-refractivity contribution in [1.29, 1.82) is 0 Å². The average Bonchev–Trinajstić information content (AvgIpc) is 2.39. The van der Waals surface area contributed by atoms with Crippen LogP contribution in [0.3, 0.4) is 0 Å². The molecule has 0 aliphatic heterocycles. The Labute approximate surface area is 115 Å². The number of hydrogen-bond donors (Lipinski definition) is 4. The maximum atomic E-state index is 12.0. The van der Waals surface area contributed by atoms with E-state index in [0.29, 0.717) is 17.1 Å². The molecule has 0 spiro atoms. The summed E-state index contributed by atoms with van der Waals surface area (Å²) in [4.78, 5) is 12.0. The van der Waals surface area contributed by atoms with Gasteiger partial charge in [-0.3, -0.25) is 4.79 Å². The molecule has 0 fully saturated rings. The number of benzene rings is 2. The first-order valence-electron chi connectivity index (χ1n) is 5.77. The summed E-state index contributed by atoms with van der Waals surface area (Å²) in [6.07, 6.45) is 0. The number of phenols is 2. The third kappa shape index (κ3) is 2.92. The minimum Gasteiger partial charge on any atom is -0.508 e. The van der Waals surface area contributed by atoms with E-state index in [1.165, 1.54) is 19.2 Å². The molecule has 0 unspecified atom stereocenters. The number of phenolic OH excluding ortho intramolecular Hbond substituents is 2. The zero-order valence-corrected chi connectivity index (χ0v) is 10.8. The predicted octanol–water partition coefficient (Wildman–Crippen LogP) is 1.94. The number of hydrogen-bond acceptors (Lipinski definition) is 5. The number of aromatic hydroxyl groups is 2. The molecule has 0 bridgehead atoms. The second-order valence-corrected chi connectivity index (χ2v) is 4.15. The quantitative estimate of drug-likeness (QED) is 0.640. The summed E-state index contributed by atoms with van der Waals surface area (Å²) in [5.41, 5.74) is 6.76. The van der Waals surface area contributed by atoms with E-state index < -0.39 is 5.91 Å². The van der Waals surface area contributed by atoms with Crippen molar-refractivity contribution >= 4 is 17.3 Å². The number of nitrogens with two attached hydrogens (primary N) is 1. The van der Waals surface area contributed by atoms with Crippen LogP contribution in [0.2, 0.25) is 0 Å². The van der Waals surface area contributed by atoms with Gasteiger partial charge in [0.15, 0.2) is 0 Å². The lowest BCUT2D eigenvalue weighted by Gasteiger charge is -2.09. The summed E-state index contributed by atoms with van der Waals surface area (Å²) in [5.74, 6) is -0.403. The van der Waals surface area contributed by atoms with Crippen LogP contribution >= 0.6 is 0 Å². The van der Waals surface area contributed by atoms with Crippen molar-refractivity contribution in [2.75, 3.05) is 18.2 Å². The number of methoxy groups -OCH3 is 1. The normalized spacial score (nSPS) is 10.1. The highest BCUT2D eigenvalue weighted by Crippen LogP contribution is 2.26. The maximum absolute atomic E-state index is 12.0. The van der Waals surface area contributed by atoms with Crippen molar-refractivity contribution < 1.29 is 19.7 Å². The first-order valence-corrected chi connectivity index (χ1v) is 5.77. The fourth-order valence-corrected chi connectivity index (χ4v) is 1.72.